The Kier molecular flexibility index (Phi) is 8.53. The predicted octanol–water partition coefficient (Wildman–Crippen LogP) is 2.38. The van der Waals surface area contributed by atoms with Crippen LogP contribution in [0.5, 0.6) is 0 Å². The van der Waals surface area contributed by atoms with Crippen molar-refractivity contribution < 1.29 is 9.59 Å². The fourth-order valence-electron chi connectivity index (χ4n) is 2.63. The fourth-order valence-corrected chi connectivity index (χ4v) is 2.75. The van der Waals surface area contributed by atoms with Crippen molar-refractivity contribution in [3.8, 4) is 0 Å². The van der Waals surface area contributed by atoms with Crippen LogP contribution in [0, 0.1) is 5.92 Å². The van der Waals surface area contributed by atoms with E-state index < -0.39 is 6.04 Å². The molecule has 0 bridgehead atoms. The van der Waals surface area contributed by atoms with E-state index in [9.17, 15) is 9.59 Å². The van der Waals surface area contributed by atoms with E-state index in [1.165, 1.54) is 0 Å². The number of hydrogen-bond acceptors (Lipinski definition) is 3. The number of nitrogens with one attached hydrogen (secondary N) is 3. The summed E-state index contributed by atoms with van der Waals surface area (Å²) >= 11 is 5.83. The summed E-state index contributed by atoms with van der Waals surface area (Å²) in [5, 5.41) is 9.70. The first-order valence-electron chi connectivity index (χ1n) is 8.05. The van der Waals surface area contributed by atoms with Crippen molar-refractivity contribution in [2.45, 2.75) is 38.8 Å². The van der Waals surface area contributed by atoms with E-state index in [0.29, 0.717) is 10.6 Å². The van der Waals surface area contributed by atoms with Gasteiger partial charge < -0.3 is 16.0 Å². The van der Waals surface area contributed by atoms with Gasteiger partial charge in [0.15, 0.2) is 0 Å². The van der Waals surface area contributed by atoms with Gasteiger partial charge >= 0.3 is 0 Å². The Hall–Kier alpha value is -1.30. The van der Waals surface area contributed by atoms with Crippen molar-refractivity contribution in [3.63, 3.8) is 0 Å². The second kappa shape index (κ2) is 9.87. The normalized spacial score (nSPS) is 18.4. The molecule has 1 fully saturated rings. The van der Waals surface area contributed by atoms with Crippen molar-refractivity contribution in [3.05, 3.63) is 34.9 Å². The molecule has 1 aliphatic rings. The highest BCUT2D eigenvalue weighted by Crippen LogP contribution is 2.11. The SMILES string of the molecule is CC(C)C(NC(=O)c1ccc(Cl)cc1)C(=O)N[C@H]1CCCNC1.Cl. The van der Waals surface area contributed by atoms with Gasteiger partial charge in [0.2, 0.25) is 5.91 Å². The third-order valence-corrected chi connectivity index (χ3v) is 4.24. The van der Waals surface area contributed by atoms with Crippen LogP contribution in [0.1, 0.15) is 37.0 Å². The van der Waals surface area contributed by atoms with Gasteiger partial charge in [-0.1, -0.05) is 25.4 Å². The van der Waals surface area contributed by atoms with Gasteiger partial charge in [-0.2, -0.15) is 0 Å². The van der Waals surface area contributed by atoms with E-state index in [1.807, 2.05) is 13.8 Å². The maximum absolute atomic E-state index is 12.5. The van der Waals surface area contributed by atoms with Crippen LogP contribution < -0.4 is 16.0 Å². The summed E-state index contributed by atoms with van der Waals surface area (Å²) in [6.45, 7) is 5.62. The zero-order chi connectivity index (χ0) is 16.8. The lowest BCUT2D eigenvalue weighted by molar-refractivity contribution is -0.124. The number of hydrogen-bond donors (Lipinski definition) is 3. The lowest BCUT2D eigenvalue weighted by Gasteiger charge is -2.28. The second-order valence-corrected chi connectivity index (χ2v) is 6.69. The van der Waals surface area contributed by atoms with Crippen LogP contribution in [0.15, 0.2) is 24.3 Å². The number of amides is 2. The topological polar surface area (TPSA) is 70.2 Å². The van der Waals surface area contributed by atoms with Crippen molar-refractivity contribution in [1.29, 1.82) is 0 Å². The quantitative estimate of drug-likeness (QED) is 0.741. The van der Waals surface area contributed by atoms with Crippen LogP contribution in [0.3, 0.4) is 0 Å². The third kappa shape index (κ3) is 5.96. The molecule has 7 heteroatoms. The van der Waals surface area contributed by atoms with E-state index in [1.54, 1.807) is 24.3 Å². The lowest BCUT2D eigenvalue weighted by Crippen LogP contribution is -2.54. The highest BCUT2D eigenvalue weighted by molar-refractivity contribution is 6.30. The first kappa shape index (κ1) is 20.7. The largest absolute Gasteiger partial charge is 0.350 e. The fraction of sp³-hybridized carbons (Fsp3) is 0.529. The number of piperidine rings is 1. The molecule has 3 N–H and O–H groups in total. The molecule has 0 aromatic heterocycles. The number of carbonyl (C=O) groups excluding carboxylic acids is 2. The molecule has 2 atom stereocenters. The standard InChI is InChI=1S/C17H24ClN3O2.ClH/c1-11(2)15(17(23)20-14-4-3-9-19-10-14)21-16(22)12-5-7-13(18)8-6-12;/h5-8,11,14-15,19H,3-4,9-10H2,1-2H3,(H,20,23)(H,21,22);1H/t14-,15?;/m0./s1. The van der Waals surface area contributed by atoms with Gasteiger partial charge in [0.25, 0.3) is 5.91 Å². The summed E-state index contributed by atoms with van der Waals surface area (Å²) < 4.78 is 0. The molecule has 2 rings (SSSR count). The molecule has 1 saturated heterocycles. The van der Waals surface area contributed by atoms with Crippen LogP contribution in [-0.2, 0) is 4.79 Å². The van der Waals surface area contributed by atoms with Crippen molar-refractivity contribution in [2.24, 2.45) is 5.92 Å². The van der Waals surface area contributed by atoms with E-state index in [2.05, 4.69) is 16.0 Å². The third-order valence-electron chi connectivity index (χ3n) is 3.99. The molecule has 0 radical (unpaired) electrons. The van der Waals surface area contributed by atoms with Crippen LogP contribution in [0.25, 0.3) is 0 Å². The Morgan fingerprint density at radius 3 is 2.46 bits per heavy atom. The maximum atomic E-state index is 12.5. The number of rotatable bonds is 5. The molecule has 24 heavy (non-hydrogen) atoms. The first-order valence-corrected chi connectivity index (χ1v) is 8.42. The minimum absolute atomic E-state index is 0. The van der Waals surface area contributed by atoms with Crippen LogP contribution >= 0.6 is 24.0 Å². The molecule has 1 aromatic carbocycles. The van der Waals surface area contributed by atoms with Gasteiger partial charge in [0.05, 0.1) is 0 Å². The number of benzene rings is 1. The summed E-state index contributed by atoms with van der Waals surface area (Å²) in [7, 11) is 0. The zero-order valence-corrected chi connectivity index (χ0v) is 15.5. The zero-order valence-electron chi connectivity index (χ0n) is 14.0. The Morgan fingerprint density at radius 1 is 1.25 bits per heavy atom. The lowest BCUT2D eigenvalue weighted by atomic mass is 10.0. The number of halogens is 2. The van der Waals surface area contributed by atoms with Crippen molar-refractivity contribution in [2.75, 3.05) is 13.1 Å². The molecule has 134 valence electrons. The van der Waals surface area contributed by atoms with Crippen LogP contribution in [-0.4, -0.2) is 37.0 Å². The first-order chi connectivity index (χ1) is 11.0. The molecule has 1 heterocycles. The average molecular weight is 374 g/mol. The average Bonchev–Trinajstić information content (AvgIpc) is 2.53. The highest BCUT2D eigenvalue weighted by Gasteiger charge is 2.27. The van der Waals surface area contributed by atoms with Gasteiger partial charge in [0, 0.05) is 23.2 Å². The smallest absolute Gasteiger partial charge is 0.251 e. The second-order valence-electron chi connectivity index (χ2n) is 6.25. The summed E-state index contributed by atoms with van der Waals surface area (Å²) in [6, 6.07) is 6.20. The Labute approximate surface area is 154 Å². The molecule has 5 nitrogen and oxygen atoms in total. The van der Waals surface area contributed by atoms with Gasteiger partial charge in [-0.15, -0.1) is 12.4 Å². The van der Waals surface area contributed by atoms with Gasteiger partial charge in [-0.3, -0.25) is 9.59 Å². The molecule has 0 spiro atoms. The predicted molar refractivity (Wildman–Crippen MR) is 98.8 cm³/mol. The summed E-state index contributed by atoms with van der Waals surface area (Å²) in [5.74, 6) is -0.393. The molecule has 1 aromatic rings. The maximum Gasteiger partial charge on any atom is 0.251 e. The minimum atomic E-state index is -0.555. The summed E-state index contributed by atoms with van der Waals surface area (Å²) in [4.78, 5) is 24.8. The summed E-state index contributed by atoms with van der Waals surface area (Å²) in [6.07, 6.45) is 2.02. The van der Waals surface area contributed by atoms with Gasteiger partial charge in [0.1, 0.15) is 6.04 Å². The van der Waals surface area contributed by atoms with E-state index in [-0.39, 0.29) is 36.2 Å². The van der Waals surface area contributed by atoms with Crippen LogP contribution in [0.2, 0.25) is 5.02 Å². The monoisotopic (exact) mass is 373 g/mol. The molecule has 1 aliphatic heterocycles. The summed E-state index contributed by atoms with van der Waals surface area (Å²) in [5.41, 5.74) is 0.493. The molecule has 2 amide bonds. The van der Waals surface area contributed by atoms with E-state index in [0.717, 1.165) is 25.9 Å². The minimum Gasteiger partial charge on any atom is -0.350 e. The Balaban J connectivity index is 0.00000288. The molecular weight excluding hydrogens is 349 g/mol. The van der Waals surface area contributed by atoms with E-state index >= 15 is 0 Å². The molecule has 1 unspecified atom stereocenters. The highest BCUT2D eigenvalue weighted by atomic mass is 35.5. The van der Waals surface area contributed by atoms with Crippen LogP contribution in [0.4, 0.5) is 0 Å². The molecule has 0 aliphatic carbocycles. The Bertz CT molecular complexity index is 543. The molecular formula is C17H25Cl2N3O2. The van der Waals surface area contributed by atoms with Crippen molar-refractivity contribution >= 4 is 35.8 Å². The van der Waals surface area contributed by atoms with Gasteiger partial charge in [-0.05, 0) is 49.6 Å². The van der Waals surface area contributed by atoms with Crippen molar-refractivity contribution in [1.82, 2.24) is 16.0 Å². The van der Waals surface area contributed by atoms with Gasteiger partial charge in [-0.25, -0.2) is 0 Å². The van der Waals surface area contributed by atoms with E-state index in [4.69, 9.17) is 11.6 Å². The Morgan fingerprint density at radius 2 is 1.92 bits per heavy atom. The molecule has 0 saturated carbocycles. The number of carbonyl (C=O) groups is 2.